The number of rotatable bonds is 1. The molecular formula is C14H11BrO. The van der Waals surface area contributed by atoms with Gasteiger partial charge in [0, 0.05) is 10.0 Å². The van der Waals surface area contributed by atoms with Crippen molar-refractivity contribution in [3.05, 3.63) is 51.7 Å². The zero-order valence-corrected chi connectivity index (χ0v) is 10.5. The Hall–Kier alpha value is -1.28. The molecule has 80 valence electrons. The maximum atomic E-state index is 5.72. The molecule has 16 heavy (non-hydrogen) atoms. The van der Waals surface area contributed by atoms with Crippen LogP contribution in [0.2, 0.25) is 0 Å². The van der Waals surface area contributed by atoms with Crippen molar-refractivity contribution in [2.24, 2.45) is 0 Å². The van der Waals surface area contributed by atoms with Crippen molar-refractivity contribution in [2.45, 2.75) is 13.3 Å². The number of hydrogen-bond acceptors (Lipinski definition) is 1. The van der Waals surface area contributed by atoms with Crippen LogP contribution in [0.25, 0.3) is 17.4 Å². The summed E-state index contributed by atoms with van der Waals surface area (Å²) in [5.41, 5.74) is 3.84. The second-order valence-corrected chi connectivity index (χ2v) is 4.86. The van der Waals surface area contributed by atoms with Crippen molar-refractivity contribution < 1.29 is 4.42 Å². The zero-order valence-electron chi connectivity index (χ0n) is 8.96. The van der Waals surface area contributed by atoms with E-state index in [0.717, 1.165) is 22.4 Å². The molecule has 0 bridgehead atoms. The van der Waals surface area contributed by atoms with Crippen LogP contribution in [-0.4, -0.2) is 0 Å². The lowest BCUT2D eigenvalue weighted by molar-refractivity contribution is 0.547. The van der Waals surface area contributed by atoms with Crippen molar-refractivity contribution in [1.29, 1.82) is 0 Å². The largest absolute Gasteiger partial charge is 0.461 e. The molecule has 1 nitrogen and oxygen atoms in total. The number of hydrogen-bond donors (Lipinski definition) is 0. The van der Waals surface area contributed by atoms with Crippen LogP contribution in [0.3, 0.4) is 0 Å². The van der Waals surface area contributed by atoms with Gasteiger partial charge in [0.1, 0.15) is 11.5 Å². The van der Waals surface area contributed by atoms with Crippen LogP contribution in [0, 0.1) is 6.92 Å². The standard InChI is InChI=1S/C14H11BrO/c1-9-5-8-13(16-9)14-11-4-2-3-10(11)6-7-12(14)15/h2-3,5-8H,4H2,1H3. The second kappa shape index (κ2) is 3.63. The van der Waals surface area contributed by atoms with E-state index in [1.165, 1.54) is 16.7 Å². The second-order valence-electron chi connectivity index (χ2n) is 4.01. The van der Waals surface area contributed by atoms with E-state index >= 15 is 0 Å². The van der Waals surface area contributed by atoms with Crippen LogP contribution in [0.1, 0.15) is 16.9 Å². The van der Waals surface area contributed by atoms with Crippen molar-refractivity contribution in [1.82, 2.24) is 0 Å². The minimum absolute atomic E-state index is 0.949. The molecule has 0 saturated carbocycles. The molecule has 0 fully saturated rings. The normalized spacial score (nSPS) is 13.1. The predicted molar refractivity (Wildman–Crippen MR) is 69.3 cm³/mol. The van der Waals surface area contributed by atoms with Crippen LogP contribution in [0.5, 0.6) is 0 Å². The van der Waals surface area contributed by atoms with E-state index in [9.17, 15) is 0 Å². The van der Waals surface area contributed by atoms with Crippen molar-refractivity contribution in [2.75, 3.05) is 0 Å². The van der Waals surface area contributed by atoms with Crippen LogP contribution >= 0.6 is 15.9 Å². The molecule has 0 atom stereocenters. The lowest BCUT2D eigenvalue weighted by atomic mass is 10.0. The van der Waals surface area contributed by atoms with Gasteiger partial charge in [-0.05, 0) is 42.7 Å². The molecule has 3 rings (SSSR count). The molecule has 0 aliphatic heterocycles. The van der Waals surface area contributed by atoms with E-state index in [1.54, 1.807) is 0 Å². The first-order valence-electron chi connectivity index (χ1n) is 5.30. The van der Waals surface area contributed by atoms with Gasteiger partial charge in [0.25, 0.3) is 0 Å². The third-order valence-electron chi connectivity index (χ3n) is 2.90. The summed E-state index contributed by atoms with van der Waals surface area (Å²) in [6.07, 6.45) is 5.35. The average molecular weight is 275 g/mol. The summed E-state index contributed by atoms with van der Waals surface area (Å²) in [5.74, 6) is 1.90. The zero-order chi connectivity index (χ0) is 11.1. The van der Waals surface area contributed by atoms with Gasteiger partial charge in [0.15, 0.2) is 0 Å². The van der Waals surface area contributed by atoms with Crippen LogP contribution < -0.4 is 0 Å². The fourth-order valence-electron chi connectivity index (χ4n) is 2.15. The topological polar surface area (TPSA) is 13.1 Å². The van der Waals surface area contributed by atoms with Gasteiger partial charge in [-0.1, -0.05) is 34.1 Å². The van der Waals surface area contributed by atoms with Gasteiger partial charge < -0.3 is 4.42 Å². The summed E-state index contributed by atoms with van der Waals surface area (Å²) in [6.45, 7) is 1.97. The van der Waals surface area contributed by atoms with Gasteiger partial charge in [0.05, 0.1) is 0 Å². The van der Waals surface area contributed by atoms with Crippen molar-refractivity contribution >= 4 is 22.0 Å². The van der Waals surface area contributed by atoms with Gasteiger partial charge >= 0.3 is 0 Å². The molecule has 0 N–H and O–H groups in total. The molecule has 1 aromatic carbocycles. The highest BCUT2D eigenvalue weighted by Crippen LogP contribution is 2.37. The van der Waals surface area contributed by atoms with Crippen molar-refractivity contribution in [3.63, 3.8) is 0 Å². The number of furan rings is 1. The molecule has 2 aromatic rings. The lowest BCUT2D eigenvalue weighted by Crippen LogP contribution is -1.89. The molecule has 0 radical (unpaired) electrons. The van der Waals surface area contributed by atoms with Gasteiger partial charge in [0.2, 0.25) is 0 Å². The maximum Gasteiger partial charge on any atom is 0.135 e. The highest BCUT2D eigenvalue weighted by molar-refractivity contribution is 9.10. The third-order valence-corrected chi connectivity index (χ3v) is 3.57. The Morgan fingerprint density at radius 2 is 2.06 bits per heavy atom. The van der Waals surface area contributed by atoms with Crippen LogP contribution in [-0.2, 0) is 6.42 Å². The quantitative estimate of drug-likeness (QED) is 0.742. The third kappa shape index (κ3) is 1.45. The Bertz CT molecular complexity index is 578. The van der Waals surface area contributed by atoms with Gasteiger partial charge in [-0.2, -0.15) is 0 Å². The molecule has 0 amide bonds. The Morgan fingerprint density at radius 1 is 1.19 bits per heavy atom. The molecule has 1 aliphatic carbocycles. The van der Waals surface area contributed by atoms with Crippen LogP contribution in [0.15, 0.2) is 39.2 Å². The molecule has 0 spiro atoms. The molecule has 0 saturated heterocycles. The van der Waals surface area contributed by atoms with E-state index in [2.05, 4.69) is 40.2 Å². The van der Waals surface area contributed by atoms with Crippen molar-refractivity contribution in [3.8, 4) is 11.3 Å². The molecular weight excluding hydrogens is 264 g/mol. The van der Waals surface area contributed by atoms with E-state index < -0.39 is 0 Å². The number of benzene rings is 1. The molecule has 1 heterocycles. The Balaban J connectivity index is 2.25. The SMILES string of the molecule is Cc1ccc(-c2c(Br)ccc3c2CC=C3)o1. The molecule has 0 unspecified atom stereocenters. The smallest absolute Gasteiger partial charge is 0.135 e. The summed E-state index contributed by atoms with van der Waals surface area (Å²) >= 11 is 3.61. The Kier molecular flexibility index (Phi) is 2.25. The Labute approximate surface area is 103 Å². The fourth-order valence-corrected chi connectivity index (χ4v) is 2.72. The first-order valence-corrected chi connectivity index (χ1v) is 6.10. The van der Waals surface area contributed by atoms with Gasteiger partial charge in [-0.25, -0.2) is 0 Å². The summed E-state index contributed by atoms with van der Waals surface area (Å²) < 4.78 is 6.82. The van der Waals surface area contributed by atoms with E-state index in [1.807, 2.05) is 19.1 Å². The van der Waals surface area contributed by atoms with Gasteiger partial charge in [-0.3, -0.25) is 0 Å². The fraction of sp³-hybridized carbons (Fsp3) is 0.143. The first-order chi connectivity index (χ1) is 7.75. The lowest BCUT2D eigenvalue weighted by Gasteiger charge is -2.08. The molecule has 2 heteroatoms. The minimum Gasteiger partial charge on any atom is -0.461 e. The minimum atomic E-state index is 0.949. The van der Waals surface area contributed by atoms with Crippen LogP contribution in [0.4, 0.5) is 0 Å². The monoisotopic (exact) mass is 274 g/mol. The predicted octanol–water partition coefficient (Wildman–Crippen LogP) is 4.59. The number of aryl methyl sites for hydroxylation is 1. The highest BCUT2D eigenvalue weighted by atomic mass is 79.9. The molecule has 1 aliphatic rings. The van der Waals surface area contributed by atoms with Gasteiger partial charge in [-0.15, -0.1) is 0 Å². The maximum absolute atomic E-state index is 5.72. The summed E-state index contributed by atoms with van der Waals surface area (Å²) in [5, 5.41) is 0. The number of halogens is 1. The van der Waals surface area contributed by atoms with E-state index in [0.29, 0.717) is 0 Å². The summed E-state index contributed by atoms with van der Waals surface area (Å²) in [7, 11) is 0. The Morgan fingerprint density at radius 3 is 2.81 bits per heavy atom. The average Bonchev–Trinajstić information content (AvgIpc) is 2.86. The summed E-state index contributed by atoms with van der Waals surface area (Å²) in [6, 6.07) is 8.27. The van der Waals surface area contributed by atoms with E-state index in [4.69, 9.17) is 4.42 Å². The highest BCUT2D eigenvalue weighted by Gasteiger charge is 2.16. The number of allylic oxidation sites excluding steroid dienone is 1. The summed E-state index contributed by atoms with van der Waals surface area (Å²) in [4.78, 5) is 0. The van der Waals surface area contributed by atoms with E-state index in [-0.39, 0.29) is 0 Å². The first kappa shape index (κ1) is 9.91. The molecule has 1 aromatic heterocycles. The number of fused-ring (bicyclic) bond motifs is 1.